The average Bonchev–Trinajstić information content (AvgIpc) is 2.78. The van der Waals surface area contributed by atoms with Gasteiger partial charge < -0.3 is 5.32 Å². The lowest BCUT2D eigenvalue weighted by atomic mass is 10.2. The summed E-state index contributed by atoms with van der Waals surface area (Å²) in [5.74, 6) is -0.198. The van der Waals surface area contributed by atoms with Crippen molar-refractivity contribution in [2.75, 3.05) is 5.32 Å². The predicted octanol–water partition coefficient (Wildman–Crippen LogP) is 4.07. The second kappa shape index (κ2) is 5.99. The Kier molecular flexibility index (Phi) is 4.35. The molecule has 0 saturated carbocycles. The van der Waals surface area contributed by atoms with Gasteiger partial charge in [0.05, 0.1) is 10.7 Å². The number of aromatic nitrogens is 1. The molecule has 19 heavy (non-hydrogen) atoms. The highest BCUT2D eigenvalue weighted by Crippen LogP contribution is 2.22. The molecule has 1 aromatic carbocycles. The molecule has 0 aliphatic rings. The number of nitrogens with one attached hydrogen (secondary N) is 1. The van der Waals surface area contributed by atoms with Gasteiger partial charge >= 0.3 is 0 Å². The summed E-state index contributed by atoms with van der Waals surface area (Å²) in [6.45, 7) is 3.79. The highest BCUT2D eigenvalue weighted by molar-refractivity contribution is 7.09. The number of amides is 1. The third-order valence-corrected chi connectivity index (χ3v) is 3.77. The zero-order valence-electron chi connectivity index (χ0n) is 10.6. The number of rotatable bonds is 3. The SMILES string of the molecule is Cc1nc(/C=C/C(=O)Nc2cccc(Cl)c2C)cs1. The summed E-state index contributed by atoms with van der Waals surface area (Å²) in [7, 11) is 0. The van der Waals surface area contributed by atoms with Gasteiger partial charge in [-0.2, -0.15) is 0 Å². The number of hydrogen-bond donors (Lipinski definition) is 1. The van der Waals surface area contributed by atoms with Gasteiger partial charge in [-0.05, 0) is 37.6 Å². The maximum atomic E-state index is 11.8. The van der Waals surface area contributed by atoms with Gasteiger partial charge in [-0.1, -0.05) is 17.7 Å². The van der Waals surface area contributed by atoms with E-state index in [4.69, 9.17) is 11.6 Å². The van der Waals surface area contributed by atoms with Crippen molar-refractivity contribution in [3.63, 3.8) is 0 Å². The summed E-state index contributed by atoms with van der Waals surface area (Å²) in [5.41, 5.74) is 2.37. The molecule has 3 nitrogen and oxygen atoms in total. The molecule has 2 rings (SSSR count). The Balaban J connectivity index is 2.05. The minimum atomic E-state index is -0.198. The highest BCUT2D eigenvalue weighted by Gasteiger charge is 2.04. The first-order valence-electron chi connectivity index (χ1n) is 5.72. The topological polar surface area (TPSA) is 42.0 Å². The Morgan fingerprint density at radius 1 is 1.42 bits per heavy atom. The first kappa shape index (κ1) is 13.8. The van der Waals surface area contributed by atoms with Crippen LogP contribution in [0, 0.1) is 13.8 Å². The fraction of sp³-hybridized carbons (Fsp3) is 0.143. The molecule has 1 amide bonds. The lowest BCUT2D eigenvalue weighted by Crippen LogP contribution is -2.08. The van der Waals surface area contributed by atoms with Gasteiger partial charge in [-0.3, -0.25) is 4.79 Å². The van der Waals surface area contributed by atoms with Gasteiger partial charge in [0.15, 0.2) is 0 Å². The first-order valence-corrected chi connectivity index (χ1v) is 6.98. The van der Waals surface area contributed by atoms with E-state index in [-0.39, 0.29) is 5.91 Å². The predicted molar refractivity (Wildman–Crippen MR) is 80.7 cm³/mol. The van der Waals surface area contributed by atoms with Crippen LogP contribution in [-0.2, 0) is 4.79 Å². The highest BCUT2D eigenvalue weighted by atomic mass is 35.5. The van der Waals surface area contributed by atoms with Crippen LogP contribution in [0.5, 0.6) is 0 Å². The van der Waals surface area contributed by atoms with Crippen molar-refractivity contribution in [2.24, 2.45) is 0 Å². The molecule has 0 bridgehead atoms. The molecular weight excluding hydrogens is 280 g/mol. The number of nitrogens with zero attached hydrogens (tertiary/aromatic N) is 1. The normalized spacial score (nSPS) is 10.9. The monoisotopic (exact) mass is 292 g/mol. The second-order valence-corrected chi connectivity index (χ2v) is 5.50. The van der Waals surface area contributed by atoms with Crippen LogP contribution in [0.2, 0.25) is 5.02 Å². The van der Waals surface area contributed by atoms with Crippen LogP contribution >= 0.6 is 22.9 Å². The molecule has 1 N–H and O–H groups in total. The van der Waals surface area contributed by atoms with Crippen molar-refractivity contribution < 1.29 is 4.79 Å². The Morgan fingerprint density at radius 3 is 2.89 bits per heavy atom. The number of carbonyl (C=O) groups is 1. The fourth-order valence-corrected chi connectivity index (χ4v) is 2.29. The first-order chi connectivity index (χ1) is 9.06. The molecule has 0 spiro atoms. The van der Waals surface area contributed by atoms with Gasteiger partial charge in [-0.25, -0.2) is 4.98 Å². The van der Waals surface area contributed by atoms with Gasteiger partial charge in [-0.15, -0.1) is 11.3 Å². The minimum Gasteiger partial charge on any atom is -0.322 e. The van der Waals surface area contributed by atoms with Crippen molar-refractivity contribution >= 4 is 40.6 Å². The summed E-state index contributed by atoms with van der Waals surface area (Å²) < 4.78 is 0. The molecule has 0 saturated heterocycles. The van der Waals surface area contributed by atoms with Crippen molar-refractivity contribution in [2.45, 2.75) is 13.8 Å². The molecule has 0 unspecified atom stereocenters. The molecule has 0 aliphatic carbocycles. The van der Waals surface area contributed by atoms with E-state index in [1.807, 2.05) is 25.3 Å². The largest absolute Gasteiger partial charge is 0.322 e. The molecule has 98 valence electrons. The lowest BCUT2D eigenvalue weighted by Gasteiger charge is -2.07. The van der Waals surface area contributed by atoms with E-state index in [2.05, 4.69) is 10.3 Å². The van der Waals surface area contributed by atoms with Crippen LogP contribution in [0.15, 0.2) is 29.7 Å². The van der Waals surface area contributed by atoms with Gasteiger partial charge in [0.25, 0.3) is 0 Å². The zero-order chi connectivity index (χ0) is 13.8. The Labute approximate surface area is 120 Å². The maximum Gasteiger partial charge on any atom is 0.248 e. The third kappa shape index (κ3) is 3.66. The summed E-state index contributed by atoms with van der Waals surface area (Å²) >= 11 is 7.55. The molecule has 1 heterocycles. The van der Waals surface area contributed by atoms with Crippen LogP contribution in [-0.4, -0.2) is 10.9 Å². The van der Waals surface area contributed by atoms with Crippen LogP contribution < -0.4 is 5.32 Å². The molecular formula is C14H13ClN2OS. The van der Waals surface area contributed by atoms with Gasteiger partial charge in [0, 0.05) is 22.2 Å². The summed E-state index contributed by atoms with van der Waals surface area (Å²) in [5, 5.41) is 6.31. The van der Waals surface area contributed by atoms with Gasteiger partial charge in [0.2, 0.25) is 5.91 Å². The third-order valence-electron chi connectivity index (χ3n) is 2.57. The molecule has 2 aromatic rings. The van der Waals surface area contributed by atoms with E-state index < -0.39 is 0 Å². The number of benzene rings is 1. The maximum absolute atomic E-state index is 11.8. The molecule has 0 atom stereocenters. The Hall–Kier alpha value is -1.65. The molecule has 0 radical (unpaired) electrons. The number of halogens is 1. The van der Waals surface area contributed by atoms with Crippen LogP contribution in [0.4, 0.5) is 5.69 Å². The molecule has 1 aromatic heterocycles. The number of carbonyl (C=O) groups excluding carboxylic acids is 1. The summed E-state index contributed by atoms with van der Waals surface area (Å²) in [4.78, 5) is 16.0. The average molecular weight is 293 g/mol. The van der Waals surface area contributed by atoms with Crippen LogP contribution in [0.1, 0.15) is 16.3 Å². The van der Waals surface area contributed by atoms with Crippen LogP contribution in [0.25, 0.3) is 6.08 Å². The molecule has 5 heteroatoms. The molecule has 0 aliphatic heterocycles. The lowest BCUT2D eigenvalue weighted by molar-refractivity contribution is -0.111. The number of hydrogen-bond acceptors (Lipinski definition) is 3. The van der Waals surface area contributed by atoms with Crippen molar-refractivity contribution in [1.82, 2.24) is 4.98 Å². The summed E-state index contributed by atoms with van der Waals surface area (Å²) in [6, 6.07) is 5.42. The van der Waals surface area contributed by atoms with E-state index in [1.54, 1.807) is 29.5 Å². The van der Waals surface area contributed by atoms with E-state index in [9.17, 15) is 4.79 Å². The zero-order valence-corrected chi connectivity index (χ0v) is 12.2. The fourth-order valence-electron chi connectivity index (χ4n) is 1.54. The van der Waals surface area contributed by atoms with E-state index >= 15 is 0 Å². The Morgan fingerprint density at radius 2 is 2.21 bits per heavy atom. The van der Waals surface area contributed by atoms with Gasteiger partial charge in [0.1, 0.15) is 0 Å². The standard InChI is InChI=1S/C14H13ClN2OS/c1-9-12(15)4-3-5-13(9)17-14(18)7-6-11-8-19-10(2)16-11/h3-8H,1-2H3,(H,17,18)/b7-6+. The van der Waals surface area contributed by atoms with Crippen molar-refractivity contribution in [1.29, 1.82) is 0 Å². The van der Waals surface area contributed by atoms with Crippen LogP contribution in [0.3, 0.4) is 0 Å². The second-order valence-electron chi connectivity index (χ2n) is 4.03. The van der Waals surface area contributed by atoms with Crippen molar-refractivity contribution in [3.8, 4) is 0 Å². The van der Waals surface area contributed by atoms with E-state index in [1.165, 1.54) is 6.08 Å². The number of aryl methyl sites for hydroxylation is 1. The number of anilines is 1. The quantitative estimate of drug-likeness (QED) is 0.867. The smallest absolute Gasteiger partial charge is 0.248 e. The van der Waals surface area contributed by atoms with E-state index in [0.29, 0.717) is 5.02 Å². The summed E-state index contributed by atoms with van der Waals surface area (Å²) in [6.07, 6.45) is 3.16. The molecule has 0 fully saturated rings. The minimum absolute atomic E-state index is 0.198. The Bertz CT molecular complexity index is 634. The van der Waals surface area contributed by atoms with Crippen molar-refractivity contribution in [3.05, 3.63) is 50.9 Å². The van der Waals surface area contributed by atoms with E-state index in [0.717, 1.165) is 22.0 Å². The number of thiazole rings is 1.